The van der Waals surface area contributed by atoms with Gasteiger partial charge in [0.25, 0.3) is 17.6 Å². The lowest BCUT2D eigenvalue weighted by Gasteiger charge is -2.15. The number of halogens is 4. The molecule has 0 saturated heterocycles. The Balaban J connectivity index is 1.34. The molecule has 4 aromatic rings. The number of carbonyl (C=O) groups is 2. The number of hydrogen-bond acceptors (Lipinski definition) is 7. The van der Waals surface area contributed by atoms with Crippen molar-refractivity contribution in [2.45, 2.75) is 31.8 Å². The van der Waals surface area contributed by atoms with Gasteiger partial charge in [0.2, 0.25) is 0 Å². The maximum atomic E-state index is 13.7. The second kappa shape index (κ2) is 9.61. The predicted molar refractivity (Wildman–Crippen MR) is 124 cm³/mol. The van der Waals surface area contributed by atoms with Gasteiger partial charge in [0.05, 0.1) is 6.04 Å². The van der Waals surface area contributed by atoms with Crippen molar-refractivity contribution < 1.29 is 31.9 Å². The summed E-state index contributed by atoms with van der Waals surface area (Å²) in [6.07, 6.45) is -2.49. The summed E-state index contributed by atoms with van der Waals surface area (Å²) in [5, 5.41) is 9.42. The van der Waals surface area contributed by atoms with E-state index in [4.69, 9.17) is 5.73 Å². The number of benzene rings is 2. The van der Waals surface area contributed by atoms with E-state index < -0.39 is 29.7 Å². The number of aryl methyl sites for hydroxylation is 1. The van der Waals surface area contributed by atoms with E-state index in [1.165, 1.54) is 23.0 Å². The SMILES string of the molecule is Nc1ccc2c(c1)CC[C@@H]2NC(=O)c1cc(C(=O)NCc2ccc(F)c(OC(F)(F)F)c2)nc2ncnn12. The lowest BCUT2D eigenvalue weighted by atomic mass is 10.1. The average Bonchev–Trinajstić information content (AvgIpc) is 3.49. The van der Waals surface area contributed by atoms with Crippen molar-refractivity contribution in [1.82, 2.24) is 30.2 Å². The Morgan fingerprint density at radius 1 is 1.13 bits per heavy atom. The second-order valence-corrected chi connectivity index (χ2v) is 8.52. The molecule has 196 valence electrons. The van der Waals surface area contributed by atoms with Crippen LogP contribution in [0.1, 0.15) is 50.1 Å². The molecule has 0 radical (unpaired) electrons. The van der Waals surface area contributed by atoms with E-state index in [0.717, 1.165) is 29.7 Å². The maximum Gasteiger partial charge on any atom is 0.573 e. The number of nitrogen functional groups attached to an aromatic ring is 1. The van der Waals surface area contributed by atoms with Crippen molar-refractivity contribution >= 4 is 23.3 Å². The van der Waals surface area contributed by atoms with E-state index in [1.807, 2.05) is 12.1 Å². The molecule has 0 bridgehead atoms. The molecule has 0 spiro atoms. The molecule has 14 heteroatoms. The van der Waals surface area contributed by atoms with Gasteiger partial charge in [-0.25, -0.2) is 9.37 Å². The summed E-state index contributed by atoms with van der Waals surface area (Å²) in [5.41, 5.74) is 8.44. The van der Waals surface area contributed by atoms with Crippen molar-refractivity contribution in [2.75, 3.05) is 5.73 Å². The molecule has 0 saturated carbocycles. The van der Waals surface area contributed by atoms with E-state index in [0.29, 0.717) is 12.1 Å². The highest BCUT2D eigenvalue weighted by Gasteiger charge is 2.32. The zero-order valence-corrected chi connectivity index (χ0v) is 19.4. The van der Waals surface area contributed by atoms with E-state index >= 15 is 0 Å². The first kappa shape index (κ1) is 24.9. The minimum atomic E-state index is -5.08. The first-order valence-corrected chi connectivity index (χ1v) is 11.3. The lowest BCUT2D eigenvalue weighted by Crippen LogP contribution is -2.30. The third kappa shape index (κ3) is 5.19. The molecular formula is C24H19F4N7O3. The molecule has 38 heavy (non-hydrogen) atoms. The highest BCUT2D eigenvalue weighted by Crippen LogP contribution is 2.32. The Hall–Kier alpha value is -4.75. The minimum absolute atomic E-state index is 0.00388. The molecular weight excluding hydrogens is 510 g/mol. The Kier molecular flexibility index (Phi) is 6.30. The van der Waals surface area contributed by atoms with Gasteiger partial charge in [0.1, 0.15) is 17.7 Å². The van der Waals surface area contributed by atoms with Crippen molar-refractivity contribution in [3.63, 3.8) is 0 Å². The average molecular weight is 529 g/mol. The van der Waals surface area contributed by atoms with E-state index in [1.54, 1.807) is 6.07 Å². The number of rotatable bonds is 6. The van der Waals surface area contributed by atoms with Gasteiger partial charge in [0, 0.05) is 18.3 Å². The molecule has 2 aromatic heterocycles. The van der Waals surface area contributed by atoms with Crippen LogP contribution >= 0.6 is 0 Å². The van der Waals surface area contributed by atoms with Crippen LogP contribution in [0.3, 0.4) is 0 Å². The van der Waals surface area contributed by atoms with Crippen LogP contribution in [0, 0.1) is 5.82 Å². The zero-order valence-electron chi connectivity index (χ0n) is 19.4. The van der Waals surface area contributed by atoms with Gasteiger partial charge in [-0.3, -0.25) is 9.59 Å². The molecule has 5 rings (SSSR count). The fourth-order valence-corrected chi connectivity index (χ4v) is 4.24. The van der Waals surface area contributed by atoms with Gasteiger partial charge in [-0.05, 0) is 53.8 Å². The molecule has 0 aliphatic heterocycles. The van der Waals surface area contributed by atoms with E-state index in [-0.39, 0.29) is 35.3 Å². The number of ether oxygens (including phenoxy) is 1. The van der Waals surface area contributed by atoms with Crippen LogP contribution in [-0.4, -0.2) is 37.8 Å². The van der Waals surface area contributed by atoms with Gasteiger partial charge in [0.15, 0.2) is 11.6 Å². The number of nitrogens with zero attached hydrogens (tertiary/aromatic N) is 4. The molecule has 1 atom stereocenters. The van der Waals surface area contributed by atoms with Crippen LogP contribution in [0.15, 0.2) is 48.8 Å². The monoisotopic (exact) mass is 529 g/mol. The number of nitrogens with one attached hydrogen (secondary N) is 2. The van der Waals surface area contributed by atoms with Crippen molar-refractivity contribution in [3.05, 3.63) is 82.7 Å². The largest absolute Gasteiger partial charge is 0.573 e. The van der Waals surface area contributed by atoms with Crippen LogP contribution < -0.4 is 21.1 Å². The molecule has 2 amide bonds. The quantitative estimate of drug-likeness (QED) is 0.258. The van der Waals surface area contributed by atoms with Gasteiger partial charge >= 0.3 is 6.36 Å². The molecule has 2 heterocycles. The maximum absolute atomic E-state index is 13.7. The summed E-state index contributed by atoms with van der Waals surface area (Å²) in [6.45, 7) is -0.267. The van der Waals surface area contributed by atoms with Crippen LogP contribution in [0.2, 0.25) is 0 Å². The molecule has 4 N–H and O–H groups in total. The van der Waals surface area contributed by atoms with Crippen molar-refractivity contribution in [1.29, 1.82) is 0 Å². The number of hydrogen-bond donors (Lipinski definition) is 3. The predicted octanol–water partition coefficient (Wildman–Crippen LogP) is 3.09. The van der Waals surface area contributed by atoms with Crippen LogP contribution in [-0.2, 0) is 13.0 Å². The highest BCUT2D eigenvalue weighted by molar-refractivity contribution is 5.98. The molecule has 0 unspecified atom stereocenters. The minimum Gasteiger partial charge on any atom is -0.403 e. The summed E-state index contributed by atoms with van der Waals surface area (Å²) < 4.78 is 56.0. The fourth-order valence-electron chi connectivity index (χ4n) is 4.24. The lowest BCUT2D eigenvalue weighted by molar-refractivity contribution is -0.275. The third-order valence-corrected chi connectivity index (χ3v) is 5.94. The van der Waals surface area contributed by atoms with Gasteiger partial charge in [-0.2, -0.15) is 14.6 Å². The molecule has 1 aliphatic carbocycles. The Morgan fingerprint density at radius 2 is 1.95 bits per heavy atom. The Morgan fingerprint density at radius 3 is 2.74 bits per heavy atom. The van der Waals surface area contributed by atoms with Gasteiger partial charge < -0.3 is 21.1 Å². The van der Waals surface area contributed by atoms with Crippen LogP contribution in [0.4, 0.5) is 23.2 Å². The molecule has 2 aromatic carbocycles. The Bertz CT molecular complexity index is 1550. The molecule has 10 nitrogen and oxygen atoms in total. The molecule has 1 aliphatic rings. The smallest absolute Gasteiger partial charge is 0.403 e. The fraction of sp³-hybridized carbons (Fsp3) is 0.208. The first-order valence-electron chi connectivity index (χ1n) is 11.3. The summed E-state index contributed by atoms with van der Waals surface area (Å²) in [5.74, 6) is -3.50. The normalized spacial score (nSPS) is 14.8. The zero-order chi connectivity index (χ0) is 27.0. The van der Waals surface area contributed by atoms with Crippen LogP contribution in [0.5, 0.6) is 5.75 Å². The van der Waals surface area contributed by atoms with E-state index in [2.05, 4.69) is 30.4 Å². The van der Waals surface area contributed by atoms with Gasteiger partial charge in [-0.15, -0.1) is 13.2 Å². The summed E-state index contributed by atoms with van der Waals surface area (Å²) >= 11 is 0. The Labute approximate surface area is 211 Å². The van der Waals surface area contributed by atoms with Crippen LogP contribution in [0.25, 0.3) is 5.78 Å². The van der Waals surface area contributed by atoms with E-state index in [9.17, 15) is 27.2 Å². The summed E-state index contributed by atoms with van der Waals surface area (Å²) in [4.78, 5) is 34.1. The summed E-state index contributed by atoms with van der Waals surface area (Å²) in [7, 11) is 0. The topological polar surface area (TPSA) is 137 Å². The second-order valence-electron chi connectivity index (χ2n) is 8.52. The van der Waals surface area contributed by atoms with Crippen molar-refractivity contribution in [2.24, 2.45) is 0 Å². The number of carbonyl (C=O) groups excluding carboxylic acids is 2. The van der Waals surface area contributed by atoms with Crippen molar-refractivity contribution in [3.8, 4) is 5.75 Å². The first-order chi connectivity index (χ1) is 18.1. The number of anilines is 1. The standard InChI is InChI=1S/C24H19F4N7O3/c25-16-5-1-12(7-20(16)38-24(26,27)28)10-30-21(36)18-9-19(35-23(34-18)31-11-32-35)22(37)33-17-6-2-13-8-14(29)3-4-15(13)17/h1,3-5,7-9,11,17H,2,6,10,29H2,(H,30,36)(H,33,37)/t17-/m0/s1. The number of alkyl halides is 3. The summed E-state index contributed by atoms with van der Waals surface area (Å²) in [6, 6.07) is 9.26. The number of amides is 2. The van der Waals surface area contributed by atoms with Gasteiger partial charge in [-0.1, -0.05) is 12.1 Å². The number of aromatic nitrogens is 4. The highest BCUT2D eigenvalue weighted by atomic mass is 19.4. The third-order valence-electron chi connectivity index (χ3n) is 5.94. The number of nitrogens with two attached hydrogens (primary N) is 1. The molecule has 0 fully saturated rings. The number of fused-ring (bicyclic) bond motifs is 2.